The van der Waals surface area contributed by atoms with Gasteiger partial charge in [0.2, 0.25) is 0 Å². The highest BCUT2D eigenvalue weighted by atomic mass is 15.1. The van der Waals surface area contributed by atoms with Gasteiger partial charge in [-0.2, -0.15) is 0 Å². The third kappa shape index (κ3) is 4.06. The lowest BCUT2D eigenvalue weighted by Gasteiger charge is -2.28. The van der Waals surface area contributed by atoms with Crippen molar-refractivity contribution >= 4 is 0 Å². The largest absolute Gasteiger partial charge is 0.314 e. The number of nitrogens with zero attached hydrogens (tertiary/aromatic N) is 1. The Morgan fingerprint density at radius 1 is 1.19 bits per heavy atom. The number of rotatable bonds is 7. The van der Waals surface area contributed by atoms with Crippen molar-refractivity contribution in [3.05, 3.63) is 0 Å². The molecule has 1 unspecified atom stereocenters. The second-order valence-electron chi connectivity index (χ2n) is 5.79. The molecule has 0 spiro atoms. The molecule has 1 saturated heterocycles. The summed E-state index contributed by atoms with van der Waals surface area (Å²) in [6, 6.07) is 0.740. The molecule has 94 valence electrons. The summed E-state index contributed by atoms with van der Waals surface area (Å²) in [5, 5.41) is 3.68. The van der Waals surface area contributed by atoms with Gasteiger partial charge >= 0.3 is 0 Å². The average molecular weight is 224 g/mol. The molecule has 0 amide bonds. The second-order valence-corrected chi connectivity index (χ2v) is 5.79. The second kappa shape index (κ2) is 6.61. The van der Waals surface area contributed by atoms with Crippen LogP contribution in [0.4, 0.5) is 0 Å². The molecule has 0 bridgehead atoms. The molecule has 1 N–H and O–H groups in total. The van der Waals surface area contributed by atoms with Gasteiger partial charge in [-0.25, -0.2) is 0 Å². The molecular formula is C14H28N2. The summed E-state index contributed by atoms with van der Waals surface area (Å²) in [7, 11) is 0. The van der Waals surface area contributed by atoms with Gasteiger partial charge in [-0.1, -0.05) is 19.3 Å². The predicted octanol–water partition coefficient (Wildman–Crippen LogP) is 2.64. The Labute approximate surface area is 101 Å². The summed E-state index contributed by atoms with van der Waals surface area (Å²) in [6.45, 7) is 7.57. The minimum absolute atomic E-state index is 0.740. The standard InChI is InChI=1S/C14H28N2/c1-13(12-14-6-4-7-14)15-8-5-11-16-9-2-3-10-16/h13-15H,2-12H2,1H3. The number of hydrogen-bond donors (Lipinski definition) is 1. The van der Waals surface area contributed by atoms with Crippen LogP contribution in [0.3, 0.4) is 0 Å². The molecule has 2 aliphatic rings. The molecule has 1 heterocycles. The third-order valence-electron chi connectivity index (χ3n) is 4.25. The highest BCUT2D eigenvalue weighted by Crippen LogP contribution is 2.30. The maximum absolute atomic E-state index is 3.68. The summed E-state index contributed by atoms with van der Waals surface area (Å²) in [6.07, 6.45) is 10.0. The minimum atomic E-state index is 0.740. The fraction of sp³-hybridized carbons (Fsp3) is 1.00. The first-order chi connectivity index (χ1) is 7.84. The summed E-state index contributed by atoms with van der Waals surface area (Å²) in [5.41, 5.74) is 0. The molecule has 0 aromatic carbocycles. The maximum atomic E-state index is 3.68. The topological polar surface area (TPSA) is 15.3 Å². The van der Waals surface area contributed by atoms with Gasteiger partial charge < -0.3 is 10.2 Å². The first kappa shape index (κ1) is 12.4. The first-order valence-electron chi connectivity index (χ1n) is 7.30. The summed E-state index contributed by atoms with van der Waals surface area (Å²) in [5.74, 6) is 1.04. The minimum Gasteiger partial charge on any atom is -0.314 e. The van der Waals surface area contributed by atoms with Crippen molar-refractivity contribution in [3.63, 3.8) is 0 Å². The van der Waals surface area contributed by atoms with Crippen molar-refractivity contribution < 1.29 is 0 Å². The molecule has 2 fully saturated rings. The van der Waals surface area contributed by atoms with Gasteiger partial charge in [-0.3, -0.25) is 0 Å². The molecule has 1 saturated carbocycles. The summed E-state index contributed by atoms with van der Waals surface area (Å²) >= 11 is 0. The molecule has 1 atom stereocenters. The molecule has 0 aromatic heterocycles. The van der Waals surface area contributed by atoms with Crippen LogP contribution in [0.15, 0.2) is 0 Å². The number of likely N-dealkylation sites (tertiary alicyclic amines) is 1. The molecule has 2 nitrogen and oxygen atoms in total. The fourth-order valence-corrected chi connectivity index (χ4v) is 2.97. The van der Waals surface area contributed by atoms with E-state index >= 15 is 0 Å². The van der Waals surface area contributed by atoms with E-state index in [2.05, 4.69) is 17.1 Å². The van der Waals surface area contributed by atoms with Crippen molar-refractivity contribution in [2.45, 2.75) is 57.9 Å². The zero-order valence-electron chi connectivity index (χ0n) is 10.9. The van der Waals surface area contributed by atoms with Crippen LogP contribution in [0.2, 0.25) is 0 Å². The van der Waals surface area contributed by atoms with E-state index in [0.29, 0.717) is 0 Å². The Morgan fingerprint density at radius 3 is 2.56 bits per heavy atom. The van der Waals surface area contributed by atoms with Gasteiger partial charge in [0, 0.05) is 6.04 Å². The van der Waals surface area contributed by atoms with Gasteiger partial charge in [0.15, 0.2) is 0 Å². The van der Waals surface area contributed by atoms with Gasteiger partial charge in [-0.15, -0.1) is 0 Å². The SMILES string of the molecule is CC(CC1CCC1)NCCCN1CCCC1. The van der Waals surface area contributed by atoms with E-state index in [1.165, 1.54) is 71.1 Å². The molecular weight excluding hydrogens is 196 g/mol. The third-order valence-corrected chi connectivity index (χ3v) is 4.25. The lowest BCUT2D eigenvalue weighted by molar-refractivity contribution is 0.263. The maximum Gasteiger partial charge on any atom is 0.00413 e. The van der Waals surface area contributed by atoms with E-state index in [1.54, 1.807) is 0 Å². The first-order valence-corrected chi connectivity index (χ1v) is 7.30. The Balaban J connectivity index is 1.43. The molecule has 2 rings (SSSR count). The molecule has 16 heavy (non-hydrogen) atoms. The van der Waals surface area contributed by atoms with Gasteiger partial charge in [-0.05, 0) is 64.7 Å². The normalized spacial score (nSPS) is 24.6. The monoisotopic (exact) mass is 224 g/mol. The average Bonchev–Trinajstić information content (AvgIpc) is 2.71. The molecule has 1 aliphatic heterocycles. The lowest BCUT2D eigenvalue weighted by Crippen LogP contribution is -2.32. The smallest absolute Gasteiger partial charge is 0.00413 e. The lowest BCUT2D eigenvalue weighted by atomic mass is 9.81. The Hall–Kier alpha value is -0.0800. The van der Waals surface area contributed by atoms with Crippen molar-refractivity contribution in [2.75, 3.05) is 26.2 Å². The van der Waals surface area contributed by atoms with Crippen LogP contribution in [-0.2, 0) is 0 Å². The van der Waals surface area contributed by atoms with Crippen LogP contribution in [-0.4, -0.2) is 37.1 Å². The van der Waals surface area contributed by atoms with Crippen molar-refractivity contribution in [1.29, 1.82) is 0 Å². The van der Waals surface area contributed by atoms with E-state index in [4.69, 9.17) is 0 Å². The summed E-state index contributed by atoms with van der Waals surface area (Å²) < 4.78 is 0. The van der Waals surface area contributed by atoms with Crippen LogP contribution < -0.4 is 5.32 Å². The van der Waals surface area contributed by atoms with Gasteiger partial charge in [0.25, 0.3) is 0 Å². The number of nitrogens with one attached hydrogen (secondary N) is 1. The quantitative estimate of drug-likeness (QED) is 0.669. The van der Waals surface area contributed by atoms with E-state index in [9.17, 15) is 0 Å². The van der Waals surface area contributed by atoms with Crippen molar-refractivity contribution in [2.24, 2.45) is 5.92 Å². The number of hydrogen-bond acceptors (Lipinski definition) is 2. The zero-order chi connectivity index (χ0) is 11.2. The van der Waals surface area contributed by atoms with Crippen LogP contribution in [0.25, 0.3) is 0 Å². The van der Waals surface area contributed by atoms with Gasteiger partial charge in [0.1, 0.15) is 0 Å². The van der Waals surface area contributed by atoms with E-state index in [-0.39, 0.29) is 0 Å². The Kier molecular flexibility index (Phi) is 5.11. The van der Waals surface area contributed by atoms with Crippen LogP contribution in [0, 0.1) is 5.92 Å². The molecule has 0 aromatic rings. The van der Waals surface area contributed by atoms with Crippen molar-refractivity contribution in [3.8, 4) is 0 Å². The zero-order valence-corrected chi connectivity index (χ0v) is 10.9. The summed E-state index contributed by atoms with van der Waals surface area (Å²) in [4.78, 5) is 2.61. The van der Waals surface area contributed by atoms with E-state index < -0.39 is 0 Å². The molecule has 2 heteroatoms. The highest BCUT2D eigenvalue weighted by molar-refractivity contribution is 4.75. The van der Waals surface area contributed by atoms with E-state index in [0.717, 1.165) is 12.0 Å². The molecule has 0 radical (unpaired) electrons. The van der Waals surface area contributed by atoms with E-state index in [1.807, 2.05) is 0 Å². The van der Waals surface area contributed by atoms with Crippen LogP contribution in [0.5, 0.6) is 0 Å². The molecule has 1 aliphatic carbocycles. The van der Waals surface area contributed by atoms with Gasteiger partial charge in [0.05, 0.1) is 0 Å². The Bertz CT molecular complexity index is 183. The van der Waals surface area contributed by atoms with Crippen LogP contribution >= 0.6 is 0 Å². The van der Waals surface area contributed by atoms with Crippen LogP contribution in [0.1, 0.15) is 51.9 Å². The Morgan fingerprint density at radius 2 is 1.94 bits per heavy atom. The highest BCUT2D eigenvalue weighted by Gasteiger charge is 2.19. The predicted molar refractivity (Wildman–Crippen MR) is 69.7 cm³/mol. The fourth-order valence-electron chi connectivity index (χ4n) is 2.97. The van der Waals surface area contributed by atoms with Crippen molar-refractivity contribution in [1.82, 2.24) is 10.2 Å².